The van der Waals surface area contributed by atoms with Crippen LogP contribution in [0.5, 0.6) is 0 Å². The van der Waals surface area contributed by atoms with Crippen LogP contribution in [-0.4, -0.2) is 47.9 Å². The van der Waals surface area contributed by atoms with Crippen molar-refractivity contribution in [2.75, 3.05) is 26.2 Å². The number of likely N-dealkylation sites (tertiary alicyclic amines) is 1. The third kappa shape index (κ3) is 4.12. The summed E-state index contributed by atoms with van der Waals surface area (Å²) in [7, 11) is 0. The van der Waals surface area contributed by atoms with Crippen LogP contribution in [0.4, 0.5) is 0 Å². The fourth-order valence-corrected chi connectivity index (χ4v) is 2.17. The molecule has 0 aromatic heterocycles. The maximum atomic E-state index is 12.0. The lowest BCUT2D eigenvalue weighted by Crippen LogP contribution is -2.43. The molecular formula is C13H26N2O. The first-order chi connectivity index (χ1) is 7.50. The number of carbonyl (C=O) groups excluding carboxylic acids is 1. The Labute approximate surface area is 99.8 Å². The van der Waals surface area contributed by atoms with Gasteiger partial charge in [0.05, 0.1) is 6.54 Å². The summed E-state index contributed by atoms with van der Waals surface area (Å²) < 4.78 is 0. The van der Waals surface area contributed by atoms with Gasteiger partial charge >= 0.3 is 0 Å². The van der Waals surface area contributed by atoms with Crippen LogP contribution < -0.4 is 0 Å². The molecular weight excluding hydrogens is 200 g/mol. The van der Waals surface area contributed by atoms with Gasteiger partial charge in [-0.25, -0.2) is 0 Å². The van der Waals surface area contributed by atoms with E-state index in [1.54, 1.807) is 0 Å². The lowest BCUT2D eigenvalue weighted by molar-refractivity contribution is -0.131. The molecule has 0 bridgehead atoms. The van der Waals surface area contributed by atoms with Gasteiger partial charge in [0, 0.05) is 25.7 Å². The molecule has 0 aromatic rings. The third-order valence-electron chi connectivity index (χ3n) is 3.13. The van der Waals surface area contributed by atoms with Gasteiger partial charge < -0.3 is 4.90 Å². The van der Waals surface area contributed by atoms with Crippen molar-refractivity contribution < 1.29 is 4.79 Å². The van der Waals surface area contributed by atoms with E-state index in [0.717, 1.165) is 19.6 Å². The summed E-state index contributed by atoms with van der Waals surface area (Å²) in [6, 6.07) is 0.453. The molecule has 0 aliphatic carbocycles. The Morgan fingerprint density at radius 3 is 2.19 bits per heavy atom. The number of amides is 1. The lowest BCUT2D eigenvalue weighted by atomic mass is 10.2. The highest BCUT2D eigenvalue weighted by molar-refractivity contribution is 5.78. The van der Waals surface area contributed by atoms with E-state index in [4.69, 9.17) is 0 Å². The summed E-state index contributed by atoms with van der Waals surface area (Å²) in [6.07, 6.45) is 2.36. The topological polar surface area (TPSA) is 23.6 Å². The number of hydrogen-bond donors (Lipinski definition) is 0. The first-order valence-corrected chi connectivity index (χ1v) is 6.52. The minimum Gasteiger partial charge on any atom is -0.342 e. The minimum atomic E-state index is 0.312. The Morgan fingerprint density at radius 1 is 1.19 bits per heavy atom. The fourth-order valence-electron chi connectivity index (χ4n) is 2.17. The molecule has 0 atom stereocenters. The van der Waals surface area contributed by atoms with Crippen molar-refractivity contribution >= 4 is 5.91 Å². The van der Waals surface area contributed by atoms with Gasteiger partial charge in [0.2, 0.25) is 5.91 Å². The van der Waals surface area contributed by atoms with E-state index in [0.29, 0.717) is 24.4 Å². The predicted octanol–water partition coefficient (Wildman–Crippen LogP) is 1.98. The molecule has 0 aromatic carbocycles. The van der Waals surface area contributed by atoms with Crippen LogP contribution in [0.3, 0.4) is 0 Å². The summed E-state index contributed by atoms with van der Waals surface area (Å²) in [4.78, 5) is 16.3. The molecule has 0 spiro atoms. The van der Waals surface area contributed by atoms with E-state index in [2.05, 4.69) is 32.6 Å². The normalized spacial score (nSPS) is 16.8. The monoisotopic (exact) mass is 226 g/mol. The SMILES string of the molecule is CC(C)CN(CC(=O)N1CCCC1)C(C)C. The highest BCUT2D eigenvalue weighted by Gasteiger charge is 2.21. The first-order valence-electron chi connectivity index (χ1n) is 6.52. The molecule has 1 amide bonds. The van der Waals surface area contributed by atoms with Gasteiger partial charge in [-0.3, -0.25) is 9.69 Å². The van der Waals surface area contributed by atoms with Crippen molar-refractivity contribution in [2.24, 2.45) is 5.92 Å². The van der Waals surface area contributed by atoms with Gasteiger partial charge in [0.15, 0.2) is 0 Å². The first kappa shape index (κ1) is 13.5. The average Bonchev–Trinajstić information content (AvgIpc) is 2.68. The average molecular weight is 226 g/mol. The number of hydrogen-bond acceptors (Lipinski definition) is 2. The predicted molar refractivity (Wildman–Crippen MR) is 67.4 cm³/mol. The molecule has 0 radical (unpaired) electrons. The molecule has 1 heterocycles. The summed E-state index contributed by atoms with van der Waals surface area (Å²) >= 11 is 0. The van der Waals surface area contributed by atoms with Crippen molar-refractivity contribution in [1.82, 2.24) is 9.80 Å². The van der Waals surface area contributed by atoms with Crippen molar-refractivity contribution in [2.45, 2.75) is 46.6 Å². The van der Waals surface area contributed by atoms with Crippen molar-refractivity contribution in [3.05, 3.63) is 0 Å². The van der Waals surface area contributed by atoms with Crippen LogP contribution in [-0.2, 0) is 4.79 Å². The fraction of sp³-hybridized carbons (Fsp3) is 0.923. The highest BCUT2D eigenvalue weighted by atomic mass is 16.2. The molecule has 0 unspecified atom stereocenters. The van der Waals surface area contributed by atoms with Gasteiger partial charge in [-0.15, -0.1) is 0 Å². The van der Waals surface area contributed by atoms with Crippen molar-refractivity contribution in [3.63, 3.8) is 0 Å². The molecule has 1 rings (SSSR count). The Hall–Kier alpha value is -0.570. The maximum absolute atomic E-state index is 12.0. The van der Waals surface area contributed by atoms with E-state index in [1.165, 1.54) is 12.8 Å². The second kappa shape index (κ2) is 6.24. The molecule has 94 valence electrons. The molecule has 1 aliphatic rings. The van der Waals surface area contributed by atoms with Crippen LogP contribution in [0.2, 0.25) is 0 Å². The third-order valence-corrected chi connectivity index (χ3v) is 3.13. The molecule has 0 saturated carbocycles. The Morgan fingerprint density at radius 2 is 1.75 bits per heavy atom. The molecule has 1 saturated heterocycles. The summed E-state index contributed by atoms with van der Waals surface area (Å²) in [6.45, 7) is 12.3. The zero-order chi connectivity index (χ0) is 12.1. The molecule has 1 fully saturated rings. The summed E-state index contributed by atoms with van der Waals surface area (Å²) in [5.41, 5.74) is 0. The maximum Gasteiger partial charge on any atom is 0.236 e. The van der Waals surface area contributed by atoms with Crippen molar-refractivity contribution in [1.29, 1.82) is 0 Å². The zero-order valence-electron chi connectivity index (χ0n) is 11.2. The molecule has 1 aliphatic heterocycles. The van der Waals surface area contributed by atoms with Gasteiger partial charge in [0.25, 0.3) is 0 Å². The van der Waals surface area contributed by atoms with Crippen molar-refractivity contribution in [3.8, 4) is 0 Å². The lowest BCUT2D eigenvalue weighted by Gasteiger charge is -2.29. The van der Waals surface area contributed by atoms with Crippen LogP contribution in [0, 0.1) is 5.92 Å². The van der Waals surface area contributed by atoms with Gasteiger partial charge in [-0.2, -0.15) is 0 Å². The Kier molecular flexibility index (Phi) is 5.26. The van der Waals surface area contributed by atoms with E-state index >= 15 is 0 Å². The number of carbonyl (C=O) groups is 1. The van der Waals surface area contributed by atoms with Gasteiger partial charge in [-0.1, -0.05) is 13.8 Å². The number of nitrogens with zero attached hydrogens (tertiary/aromatic N) is 2. The van der Waals surface area contributed by atoms with Gasteiger partial charge in [-0.05, 0) is 32.6 Å². The highest BCUT2D eigenvalue weighted by Crippen LogP contribution is 2.10. The van der Waals surface area contributed by atoms with E-state index < -0.39 is 0 Å². The largest absolute Gasteiger partial charge is 0.342 e. The quantitative estimate of drug-likeness (QED) is 0.715. The molecule has 3 nitrogen and oxygen atoms in total. The van der Waals surface area contributed by atoms with Crippen LogP contribution >= 0.6 is 0 Å². The smallest absolute Gasteiger partial charge is 0.236 e. The minimum absolute atomic E-state index is 0.312. The molecule has 3 heteroatoms. The standard InChI is InChI=1S/C13H26N2O/c1-11(2)9-15(12(3)4)10-13(16)14-7-5-6-8-14/h11-12H,5-10H2,1-4H3. The zero-order valence-corrected chi connectivity index (χ0v) is 11.2. The van der Waals surface area contributed by atoms with E-state index in [9.17, 15) is 4.79 Å². The Bertz CT molecular complexity index is 220. The van der Waals surface area contributed by atoms with E-state index in [-0.39, 0.29) is 0 Å². The Balaban J connectivity index is 2.43. The van der Waals surface area contributed by atoms with Crippen LogP contribution in [0.15, 0.2) is 0 Å². The summed E-state index contributed by atoms with van der Waals surface area (Å²) in [5.74, 6) is 0.931. The number of rotatable bonds is 5. The van der Waals surface area contributed by atoms with Crippen LogP contribution in [0.25, 0.3) is 0 Å². The summed E-state index contributed by atoms with van der Waals surface area (Å²) in [5, 5.41) is 0. The molecule has 0 N–H and O–H groups in total. The second-order valence-electron chi connectivity index (χ2n) is 5.50. The molecule has 16 heavy (non-hydrogen) atoms. The van der Waals surface area contributed by atoms with Crippen LogP contribution in [0.1, 0.15) is 40.5 Å². The van der Waals surface area contributed by atoms with E-state index in [1.807, 2.05) is 4.90 Å². The van der Waals surface area contributed by atoms with Gasteiger partial charge in [0.1, 0.15) is 0 Å². The second-order valence-corrected chi connectivity index (χ2v) is 5.50.